The van der Waals surface area contributed by atoms with Crippen molar-refractivity contribution in [3.63, 3.8) is 0 Å². The predicted molar refractivity (Wildman–Crippen MR) is 46.8 cm³/mol. The lowest BCUT2D eigenvalue weighted by Gasteiger charge is -2.08. The van der Waals surface area contributed by atoms with Crippen LogP contribution in [0, 0.1) is 0 Å². The highest BCUT2D eigenvalue weighted by Crippen LogP contribution is 2.41. The van der Waals surface area contributed by atoms with Crippen molar-refractivity contribution in [2.75, 3.05) is 0 Å². The molecular formula is C10H8Si. The molecule has 0 N–H and O–H groups in total. The standard InChI is InChI=1S/C10H8Si/c1-2-4-8-7(3-1)9-5-6-10(8)11-9/h1-6,9-10H. The summed E-state index contributed by atoms with van der Waals surface area (Å²) in [5.74, 6) is 0. The Morgan fingerprint density at radius 3 is 2.00 bits per heavy atom. The Morgan fingerprint density at radius 1 is 0.909 bits per heavy atom. The van der Waals surface area contributed by atoms with Gasteiger partial charge in [0.2, 0.25) is 0 Å². The smallest absolute Gasteiger partial charge is 0.0670 e. The summed E-state index contributed by atoms with van der Waals surface area (Å²) in [7, 11) is 1.09. The van der Waals surface area contributed by atoms with Crippen molar-refractivity contribution in [2.45, 2.75) is 11.1 Å². The van der Waals surface area contributed by atoms with Crippen LogP contribution in [0.3, 0.4) is 0 Å². The van der Waals surface area contributed by atoms with Crippen molar-refractivity contribution in [3.8, 4) is 0 Å². The van der Waals surface area contributed by atoms with Crippen LogP contribution in [0.2, 0.25) is 0 Å². The number of allylic oxidation sites excluding steroid dienone is 2. The van der Waals surface area contributed by atoms with E-state index in [9.17, 15) is 0 Å². The van der Waals surface area contributed by atoms with Gasteiger partial charge in [-0.25, -0.2) is 0 Å². The molecule has 2 aliphatic heterocycles. The van der Waals surface area contributed by atoms with Crippen molar-refractivity contribution < 1.29 is 0 Å². The Kier molecular flexibility index (Phi) is 0.976. The molecule has 2 heterocycles. The molecule has 1 aromatic rings. The van der Waals surface area contributed by atoms with Crippen molar-refractivity contribution >= 4 is 9.52 Å². The van der Waals surface area contributed by atoms with Crippen molar-refractivity contribution in [3.05, 3.63) is 47.5 Å². The first-order chi connectivity index (χ1) is 5.45. The van der Waals surface area contributed by atoms with Crippen LogP contribution >= 0.6 is 0 Å². The van der Waals surface area contributed by atoms with E-state index in [1.54, 1.807) is 11.1 Å². The van der Waals surface area contributed by atoms with Gasteiger partial charge in [-0.2, -0.15) is 0 Å². The van der Waals surface area contributed by atoms with Crippen LogP contribution < -0.4 is 0 Å². The molecule has 2 bridgehead atoms. The van der Waals surface area contributed by atoms with E-state index >= 15 is 0 Å². The second-order valence-electron chi connectivity index (χ2n) is 3.14. The van der Waals surface area contributed by atoms with E-state index in [0.29, 0.717) is 0 Å². The van der Waals surface area contributed by atoms with Gasteiger partial charge in [0.05, 0.1) is 9.52 Å². The molecule has 0 aliphatic carbocycles. The molecule has 0 saturated carbocycles. The summed E-state index contributed by atoms with van der Waals surface area (Å²) < 4.78 is 0. The first-order valence-corrected chi connectivity index (χ1v) is 5.14. The zero-order valence-electron chi connectivity index (χ0n) is 6.12. The van der Waals surface area contributed by atoms with Gasteiger partial charge in [0, 0.05) is 0 Å². The minimum atomic E-state index is 0.774. The monoisotopic (exact) mass is 156 g/mol. The molecule has 2 aliphatic rings. The zero-order valence-corrected chi connectivity index (χ0v) is 7.12. The van der Waals surface area contributed by atoms with Gasteiger partial charge in [0.15, 0.2) is 0 Å². The van der Waals surface area contributed by atoms with Gasteiger partial charge in [-0.3, -0.25) is 0 Å². The molecule has 0 spiro atoms. The first kappa shape index (κ1) is 5.78. The maximum Gasteiger partial charge on any atom is 0.0670 e. The Labute approximate surface area is 68.8 Å². The second kappa shape index (κ2) is 1.86. The molecule has 0 fully saturated rings. The van der Waals surface area contributed by atoms with E-state index in [1.165, 1.54) is 0 Å². The number of hydrogen-bond acceptors (Lipinski definition) is 0. The van der Waals surface area contributed by atoms with Crippen molar-refractivity contribution in [2.24, 2.45) is 0 Å². The number of fused-ring (bicyclic) bond motifs is 5. The molecular weight excluding hydrogens is 148 g/mol. The molecule has 1 heteroatoms. The Balaban J connectivity index is 2.28. The number of hydrogen-bond donors (Lipinski definition) is 0. The van der Waals surface area contributed by atoms with Crippen LogP contribution in [-0.2, 0) is 0 Å². The van der Waals surface area contributed by atoms with Crippen LogP contribution in [0.4, 0.5) is 0 Å². The molecule has 11 heavy (non-hydrogen) atoms. The fourth-order valence-corrected chi connectivity index (χ4v) is 3.71. The summed E-state index contributed by atoms with van der Waals surface area (Å²) in [6.07, 6.45) is 4.73. The van der Waals surface area contributed by atoms with E-state index in [-0.39, 0.29) is 0 Å². The lowest BCUT2D eigenvalue weighted by atomic mass is 9.97. The lowest BCUT2D eigenvalue weighted by Crippen LogP contribution is -1.93. The Hall–Kier alpha value is -0.823. The molecule has 2 unspecified atom stereocenters. The van der Waals surface area contributed by atoms with Crippen LogP contribution in [0.25, 0.3) is 0 Å². The van der Waals surface area contributed by atoms with Crippen LogP contribution in [0.15, 0.2) is 36.4 Å². The molecule has 0 amide bonds. The van der Waals surface area contributed by atoms with E-state index in [1.807, 2.05) is 0 Å². The molecule has 0 saturated heterocycles. The van der Waals surface area contributed by atoms with E-state index in [4.69, 9.17) is 0 Å². The molecule has 52 valence electrons. The molecule has 1 aromatic carbocycles. The normalized spacial score (nSPS) is 30.9. The molecule has 2 atom stereocenters. The fourth-order valence-electron chi connectivity index (χ4n) is 1.99. The SMILES string of the molecule is C1=CC2[Si]C1c1ccccc12. The largest absolute Gasteiger partial charge is 0.0839 e. The average Bonchev–Trinajstić information content (AvgIpc) is 2.64. The van der Waals surface area contributed by atoms with Crippen LogP contribution in [0.5, 0.6) is 0 Å². The van der Waals surface area contributed by atoms with Crippen molar-refractivity contribution in [1.82, 2.24) is 0 Å². The Bertz CT molecular complexity index is 296. The van der Waals surface area contributed by atoms with Gasteiger partial charge in [-0.15, -0.1) is 0 Å². The van der Waals surface area contributed by atoms with Crippen LogP contribution in [0.1, 0.15) is 22.2 Å². The second-order valence-corrected chi connectivity index (χ2v) is 4.71. The molecule has 0 aromatic heterocycles. The van der Waals surface area contributed by atoms with E-state index in [0.717, 1.165) is 20.6 Å². The van der Waals surface area contributed by atoms with Crippen molar-refractivity contribution in [1.29, 1.82) is 0 Å². The highest BCUT2D eigenvalue weighted by Gasteiger charge is 2.32. The summed E-state index contributed by atoms with van der Waals surface area (Å²) in [6.45, 7) is 0. The predicted octanol–water partition coefficient (Wildman–Crippen LogP) is 2.06. The molecule has 3 rings (SSSR count). The highest BCUT2D eigenvalue weighted by molar-refractivity contribution is 6.45. The minimum absolute atomic E-state index is 0.774. The summed E-state index contributed by atoms with van der Waals surface area (Å²) in [5, 5.41) is 0. The average molecular weight is 156 g/mol. The molecule has 2 radical (unpaired) electrons. The fraction of sp³-hybridized carbons (Fsp3) is 0.200. The molecule has 0 nitrogen and oxygen atoms in total. The van der Waals surface area contributed by atoms with E-state index < -0.39 is 0 Å². The maximum atomic E-state index is 2.37. The number of benzene rings is 1. The Morgan fingerprint density at radius 2 is 1.45 bits per heavy atom. The van der Waals surface area contributed by atoms with Gasteiger partial charge in [0.25, 0.3) is 0 Å². The zero-order chi connectivity index (χ0) is 7.26. The first-order valence-electron chi connectivity index (χ1n) is 3.98. The third-order valence-electron chi connectivity index (χ3n) is 2.52. The summed E-state index contributed by atoms with van der Waals surface area (Å²) in [5.41, 5.74) is 4.71. The number of rotatable bonds is 0. The minimum Gasteiger partial charge on any atom is -0.0839 e. The van der Waals surface area contributed by atoms with Gasteiger partial charge in [0.1, 0.15) is 0 Å². The lowest BCUT2D eigenvalue weighted by molar-refractivity contribution is 1.13. The van der Waals surface area contributed by atoms with Gasteiger partial charge in [-0.05, 0) is 22.2 Å². The third-order valence-corrected chi connectivity index (χ3v) is 4.25. The van der Waals surface area contributed by atoms with Crippen LogP contribution in [-0.4, -0.2) is 9.52 Å². The summed E-state index contributed by atoms with van der Waals surface area (Å²) in [6, 6.07) is 8.85. The summed E-state index contributed by atoms with van der Waals surface area (Å²) >= 11 is 0. The van der Waals surface area contributed by atoms with E-state index in [2.05, 4.69) is 36.4 Å². The maximum absolute atomic E-state index is 2.37. The third kappa shape index (κ3) is 0.640. The van der Waals surface area contributed by atoms with Gasteiger partial charge >= 0.3 is 0 Å². The topological polar surface area (TPSA) is 0 Å². The van der Waals surface area contributed by atoms with Gasteiger partial charge < -0.3 is 0 Å². The summed E-state index contributed by atoms with van der Waals surface area (Å²) in [4.78, 5) is 0. The van der Waals surface area contributed by atoms with Gasteiger partial charge in [-0.1, -0.05) is 36.4 Å². The quantitative estimate of drug-likeness (QED) is 0.398. The highest BCUT2D eigenvalue weighted by atomic mass is 28.2.